The highest BCUT2D eigenvalue weighted by atomic mass is 16.5. The molecule has 1 N–H and O–H groups in total. The van der Waals surface area contributed by atoms with Crippen molar-refractivity contribution in [3.63, 3.8) is 0 Å². The van der Waals surface area contributed by atoms with E-state index in [1.54, 1.807) is 7.11 Å². The van der Waals surface area contributed by atoms with Crippen LogP contribution in [0.5, 0.6) is 5.75 Å². The van der Waals surface area contributed by atoms with Gasteiger partial charge >= 0.3 is 0 Å². The lowest BCUT2D eigenvalue weighted by Crippen LogP contribution is -2.27. The summed E-state index contributed by atoms with van der Waals surface area (Å²) in [4.78, 5) is 4.58. The van der Waals surface area contributed by atoms with Crippen molar-refractivity contribution >= 4 is 0 Å². The lowest BCUT2D eigenvalue weighted by atomic mass is 9.77. The molecule has 1 aromatic carbocycles. The average Bonchev–Trinajstić information content (AvgIpc) is 2.56. The zero-order valence-electron chi connectivity index (χ0n) is 12.7. The van der Waals surface area contributed by atoms with Crippen molar-refractivity contribution in [1.29, 1.82) is 0 Å². The van der Waals surface area contributed by atoms with E-state index < -0.39 is 0 Å². The highest BCUT2D eigenvalue weighted by molar-refractivity contribution is 5.38. The van der Waals surface area contributed by atoms with Crippen LogP contribution < -0.4 is 10.1 Å². The molecule has 3 rings (SSSR count). The standard InChI is InChI=1S/C18H22N2O/c1-19-17(18-16(21-2)11-6-12-20-18)15-10-5-8-13-7-3-4-9-14(13)15/h3-4,6-7,9,11-12,15,17,19H,5,8,10H2,1-2H3. The topological polar surface area (TPSA) is 34.2 Å². The highest BCUT2D eigenvalue weighted by Gasteiger charge is 2.30. The van der Waals surface area contributed by atoms with Crippen molar-refractivity contribution in [2.75, 3.05) is 14.2 Å². The second-order valence-electron chi connectivity index (χ2n) is 5.55. The molecule has 2 aromatic rings. The fraction of sp³-hybridized carbons (Fsp3) is 0.389. The number of hydrogen-bond acceptors (Lipinski definition) is 3. The van der Waals surface area contributed by atoms with Crippen LogP contribution in [0.2, 0.25) is 0 Å². The molecule has 0 spiro atoms. The lowest BCUT2D eigenvalue weighted by Gasteiger charge is -2.32. The van der Waals surface area contributed by atoms with Gasteiger partial charge in [0.05, 0.1) is 18.8 Å². The fourth-order valence-electron chi connectivity index (χ4n) is 3.48. The summed E-state index contributed by atoms with van der Waals surface area (Å²) in [5, 5.41) is 3.46. The van der Waals surface area contributed by atoms with Crippen molar-refractivity contribution in [1.82, 2.24) is 10.3 Å². The Balaban J connectivity index is 2.01. The number of methoxy groups -OCH3 is 1. The van der Waals surface area contributed by atoms with E-state index in [9.17, 15) is 0 Å². The molecule has 0 amide bonds. The summed E-state index contributed by atoms with van der Waals surface area (Å²) in [7, 11) is 3.72. The molecule has 3 nitrogen and oxygen atoms in total. The number of aryl methyl sites for hydroxylation is 1. The van der Waals surface area contributed by atoms with E-state index in [1.165, 1.54) is 30.4 Å². The predicted octanol–water partition coefficient (Wildman–Crippen LogP) is 3.47. The Morgan fingerprint density at radius 1 is 1.24 bits per heavy atom. The van der Waals surface area contributed by atoms with Crippen molar-refractivity contribution in [3.8, 4) is 5.75 Å². The number of benzene rings is 1. The zero-order chi connectivity index (χ0) is 14.7. The molecule has 0 saturated heterocycles. The smallest absolute Gasteiger partial charge is 0.142 e. The molecule has 21 heavy (non-hydrogen) atoms. The van der Waals surface area contributed by atoms with Gasteiger partial charge in [0, 0.05) is 12.1 Å². The van der Waals surface area contributed by atoms with E-state index in [4.69, 9.17) is 4.74 Å². The highest BCUT2D eigenvalue weighted by Crippen LogP contribution is 2.41. The zero-order valence-corrected chi connectivity index (χ0v) is 12.7. The quantitative estimate of drug-likeness (QED) is 0.932. The second-order valence-corrected chi connectivity index (χ2v) is 5.55. The molecular weight excluding hydrogens is 260 g/mol. The first-order valence-electron chi connectivity index (χ1n) is 7.59. The van der Waals surface area contributed by atoms with E-state index in [1.807, 2.05) is 25.4 Å². The molecule has 1 aromatic heterocycles. The maximum atomic E-state index is 5.50. The van der Waals surface area contributed by atoms with Gasteiger partial charge in [-0.1, -0.05) is 24.3 Å². The molecule has 0 saturated carbocycles. The van der Waals surface area contributed by atoms with Crippen LogP contribution in [0.15, 0.2) is 42.6 Å². The first kappa shape index (κ1) is 14.1. The third-order valence-corrected chi connectivity index (χ3v) is 4.44. The minimum absolute atomic E-state index is 0.183. The van der Waals surface area contributed by atoms with Crippen LogP contribution in [0, 0.1) is 0 Å². The number of aromatic nitrogens is 1. The minimum Gasteiger partial charge on any atom is -0.495 e. The van der Waals surface area contributed by atoms with Crippen LogP contribution in [0.1, 0.15) is 41.6 Å². The van der Waals surface area contributed by atoms with Crippen LogP contribution >= 0.6 is 0 Å². The summed E-state index contributed by atoms with van der Waals surface area (Å²) in [6.45, 7) is 0. The minimum atomic E-state index is 0.183. The maximum absolute atomic E-state index is 5.50. The average molecular weight is 282 g/mol. The lowest BCUT2D eigenvalue weighted by molar-refractivity contribution is 0.371. The van der Waals surface area contributed by atoms with Crippen LogP contribution in [-0.4, -0.2) is 19.1 Å². The molecule has 0 radical (unpaired) electrons. The number of ether oxygens (including phenoxy) is 1. The van der Waals surface area contributed by atoms with Gasteiger partial charge in [-0.3, -0.25) is 4.98 Å². The monoisotopic (exact) mass is 282 g/mol. The molecule has 0 aliphatic heterocycles. The van der Waals surface area contributed by atoms with Gasteiger partial charge in [-0.2, -0.15) is 0 Å². The summed E-state index contributed by atoms with van der Waals surface area (Å²) in [5.74, 6) is 1.31. The maximum Gasteiger partial charge on any atom is 0.142 e. The van der Waals surface area contributed by atoms with E-state index in [2.05, 4.69) is 34.6 Å². The third-order valence-electron chi connectivity index (χ3n) is 4.44. The van der Waals surface area contributed by atoms with Gasteiger partial charge in [0.2, 0.25) is 0 Å². The van der Waals surface area contributed by atoms with Gasteiger partial charge in [0.1, 0.15) is 5.75 Å². The second kappa shape index (κ2) is 6.27. The predicted molar refractivity (Wildman–Crippen MR) is 84.7 cm³/mol. The Labute approximate surface area is 126 Å². The van der Waals surface area contributed by atoms with Crippen molar-refractivity contribution in [3.05, 3.63) is 59.4 Å². The van der Waals surface area contributed by atoms with Crippen LogP contribution in [0.3, 0.4) is 0 Å². The summed E-state index contributed by atoms with van der Waals surface area (Å²) < 4.78 is 5.50. The molecule has 2 atom stereocenters. The molecule has 3 heteroatoms. The Morgan fingerprint density at radius 2 is 2.10 bits per heavy atom. The van der Waals surface area contributed by atoms with Gasteiger partial charge in [-0.05, 0) is 49.6 Å². The van der Waals surface area contributed by atoms with E-state index >= 15 is 0 Å². The van der Waals surface area contributed by atoms with Crippen molar-refractivity contribution < 1.29 is 4.74 Å². The van der Waals surface area contributed by atoms with E-state index in [0.717, 1.165) is 11.4 Å². The summed E-state index contributed by atoms with van der Waals surface area (Å²) in [6, 6.07) is 12.9. The molecule has 1 aliphatic carbocycles. The Morgan fingerprint density at radius 3 is 2.90 bits per heavy atom. The van der Waals surface area contributed by atoms with Gasteiger partial charge in [0.15, 0.2) is 0 Å². The third kappa shape index (κ3) is 2.66. The number of rotatable bonds is 4. The van der Waals surface area contributed by atoms with Gasteiger partial charge in [-0.25, -0.2) is 0 Å². The molecule has 0 bridgehead atoms. The van der Waals surface area contributed by atoms with Crippen LogP contribution in [0.25, 0.3) is 0 Å². The molecular formula is C18H22N2O. The molecule has 110 valence electrons. The summed E-state index contributed by atoms with van der Waals surface area (Å²) >= 11 is 0. The molecule has 2 unspecified atom stereocenters. The first-order chi connectivity index (χ1) is 10.3. The molecule has 1 heterocycles. The van der Waals surface area contributed by atoms with Gasteiger partial charge in [-0.15, -0.1) is 0 Å². The Kier molecular flexibility index (Phi) is 4.20. The van der Waals surface area contributed by atoms with Gasteiger partial charge < -0.3 is 10.1 Å². The SMILES string of the molecule is CNC(c1ncccc1OC)C1CCCc2ccccc21. The Hall–Kier alpha value is -1.87. The van der Waals surface area contributed by atoms with E-state index in [-0.39, 0.29) is 6.04 Å². The number of nitrogens with zero attached hydrogens (tertiary/aromatic N) is 1. The summed E-state index contributed by atoms with van der Waals surface area (Å²) in [5.41, 5.74) is 3.93. The van der Waals surface area contributed by atoms with Crippen LogP contribution in [-0.2, 0) is 6.42 Å². The summed E-state index contributed by atoms with van der Waals surface area (Å²) in [6.07, 6.45) is 5.44. The van der Waals surface area contributed by atoms with E-state index in [0.29, 0.717) is 5.92 Å². The number of nitrogens with one attached hydrogen (secondary N) is 1. The first-order valence-corrected chi connectivity index (χ1v) is 7.59. The molecule has 0 fully saturated rings. The number of likely N-dealkylation sites (N-methyl/N-ethyl adjacent to an activating group) is 1. The Bertz CT molecular complexity index is 612. The normalized spacial score (nSPS) is 18.9. The molecule has 1 aliphatic rings. The van der Waals surface area contributed by atoms with Gasteiger partial charge in [0.25, 0.3) is 0 Å². The number of hydrogen-bond donors (Lipinski definition) is 1. The van der Waals surface area contributed by atoms with Crippen LogP contribution in [0.4, 0.5) is 0 Å². The fourth-order valence-corrected chi connectivity index (χ4v) is 3.48. The number of pyridine rings is 1. The van der Waals surface area contributed by atoms with Crippen molar-refractivity contribution in [2.24, 2.45) is 0 Å². The number of fused-ring (bicyclic) bond motifs is 1. The van der Waals surface area contributed by atoms with Crippen molar-refractivity contribution in [2.45, 2.75) is 31.2 Å². The largest absolute Gasteiger partial charge is 0.495 e.